The van der Waals surface area contributed by atoms with Crippen molar-refractivity contribution in [3.05, 3.63) is 11.6 Å². The van der Waals surface area contributed by atoms with Gasteiger partial charge in [-0.05, 0) is 45.6 Å². The third-order valence-corrected chi connectivity index (χ3v) is 2.74. The molecule has 2 nitrogen and oxygen atoms in total. The van der Waals surface area contributed by atoms with E-state index < -0.39 is 0 Å². The molecule has 0 radical (unpaired) electrons. The van der Waals surface area contributed by atoms with Crippen LogP contribution in [0, 0.1) is 0 Å². The van der Waals surface area contributed by atoms with Crippen molar-refractivity contribution in [2.24, 2.45) is 0 Å². The molecule has 0 bridgehead atoms. The van der Waals surface area contributed by atoms with Crippen LogP contribution in [0.1, 0.15) is 39.0 Å². The summed E-state index contributed by atoms with van der Waals surface area (Å²) in [5.41, 5.74) is 1.65. The molecule has 1 aliphatic rings. The Labute approximate surface area is 87.7 Å². The molecular weight excluding hydrogens is 174 g/mol. The van der Waals surface area contributed by atoms with Gasteiger partial charge in [0.15, 0.2) is 0 Å². The van der Waals surface area contributed by atoms with Gasteiger partial charge in [-0.25, -0.2) is 0 Å². The normalized spacial score (nSPS) is 19.1. The van der Waals surface area contributed by atoms with Crippen LogP contribution in [0.2, 0.25) is 0 Å². The van der Waals surface area contributed by atoms with Crippen molar-refractivity contribution in [3.8, 4) is 0 Å². The van der Waals surface area contributed by atoms with E-state index in [1.807, 2.05) is 0 Å². The molecule has 1 atom stereocenters. The molecule has 0 aliphatic heterocycles. The Hall–Kier alpha value is -0.340. The topological polar surface area (TPSA) is 21.3 Å². The zero-order chi connectivity index (χ0) is 10.2. The molecule has 14 heavy (non-hydrogen) atoms. The van der Waals surface area contributed by atoms with E-state index in [2.05, 4.69) is 18.3 Å². The Morgan fingerprint density at radius 3 is 3.00 bits per heavy atom. The third-order valence-electron chi connectivity index (χ3n) is 2.74. The monoisotopic (exact) mass is 197 g/mol. The second kappa shape index (κ2) is 7.02. The Morgan fingerprint density at radius 2 is 2.36 bits per heavy atom. The Kier molecular flexibility index (Phi) is 5.88. The maximum absolute atomic E-state index is 5.07. The van der Waals surface area contributed by atoms with Gasteiger partial charge in [-0.15, -0.1) is 0 Å². The molecule has 1 rings (SSSR count). The fourth-order valence-corrected chi connectivity index (χ4v) is 1.92. The van der Waals surface area contributed by atoms with Crippen LogP contribution >= 0.6 is 0 Å². The van der Waals surface area contributed by atoms with Gasteiger partial charge in [0.2, 0.25) is 0 Å². The highest BCUT2D eigenvalue weighted by atomic mass is 16.5. The first-order chi connectivity index (χ1) is 6.83. The number of rotatable bonds is 6. The van der Waals surface area contributed by atoms with E-state index >= 15 is 0 Å². The predicted molar refractivity (Wildman–Crippen MR) is 60.5 cm³/mol. The zero-order valence-electron chi connectivity index (χ0n) is 9.51. The summed E-state index contributed by atoms with van der Waals surface area (Å²) in [4.78, 5) is 0. The maximum atomic E-state index is 5.07. The predicted octanol–water partition coefficient (Wildman–Crippen LogP) is 2.50. The molecular formula is C12H23NO. The third kappa shape index (κ3) is 4.77. The van der Waals surface area contributed by atoms with Crippen LogP contribution in [0.15, 0.2) is 11.6 Å². The lowest BCUT2D eigenvalue weighted by molar-refractivity contribution is 0.172. The van der Waals surface area contributed by atoms with Gasteiger partial charge in [0.1, 0.15) is 0 Å². The van der Waals surface area contributed by atoms with Gasteiger partial charge in [0, 0.05) is 13.2 Å². The number of methoxy groups -OCH3 is 1. The van der Waals surface area contributed by atoms with Crippen molar-refractivity contribution < 1.29 is 4.74 Å². The summed E-state index contributed by atoms with van der Waals surface area (Å²) >= 11 is 0. The molecule has 0 saturated carbocycles. The first kappa shape index (κ1) is 11.7. The molecule has 0 amide bonds. The van der Waals surface area contributed by atoms with E-state index in [-0.39, 0.29) is 0 Å². The smallest absolute Gasteiger partial charge is 0.0613 e. The van der Waals surface area contributed by atoms with Crippen LogP contribution in [0.4, 0.5) is 0 Å². The Bertz CT molecular complexity index is 177. The summed E-state index contributed by atoms with van der Waals surface area (Å²) < 4.78 is 5.07. The molecule has 2 heteroatoms. The minimum absolute atomic E-state index is 0.476. The van der Waals surface area contributed by atoms with Gasteiger partial charge >= 0.3 is 0 Å². The molecule has 1 unspecified atom stereocenters. The minimum atomic E-state index is 0.476. The first-order valence-electron chi connectivity index (χ1n) is 5.73. The van der Waals surface area contributed by atoms with E-state index in [0.717, 1.165) is 13.2 Å². The van der Waals surface area contributed by atoms with Crippen LogP contribution in [-0.2, 0) is 4.74 Å². The summed E-state index contributed by atoms with van der Waals surface area (Å²) in [6.45, 7) is 4.06. The second-order valence-electron chi connectivity index (χ2n) is 4.17. The van der Waals surface area contributed by atoms with Crippen LogP contribution in [-0.4, -0.2) is 26.3 Å². The number of nitrogens with one attached hydrogen (secondary N) is 1. The average molecular weight is 197 g/mol. The molecule has 0 aromatic rings. The van der Waals surface area contributed by atoms with E-state index in [9.17, 15) is 0 Å². The zero-order valence-corrected chi connectivity index (χ0v) is 9.51. The largest absolute Gasteiger partial charge is 0.383 e. The molecule has 0 heterocycles. The standard InChI is InChI=1S/C12H23NO/c1-11(10-14-2)13-9-8-12-6-4-3-5-7-12/h6,11,13H,3-5,7-10H2,1-2H3. The fraction of sp³-hybridized carbons (Fsp3) is 0.833. The summed E-state index contributed by atoms with van der Waals surface area (Å²) in [5.74, 6) is 0. The SMILES string of the molecule is COCC(C)NCCC1=CCCCC1. The highest BCUT2D eigenvalue weighted by Gasteiger charge is 2.04. The summed E-state index contributed by atoms with van der Waals surface area (Å²) in [6, 6.07) is 0.476. The highest BCUT2D eigenvalue weighted by Crippen LogP contribution is 2.19. The van der Waals surface area contributed by atoms with Crippen LogP contribution in [0.25, 0.3) is 0 Å². The summed E-state index contributed by atoms with van der Waals surface area (Å²) in [6.07, 6.45) is 9.03. The molecule has 0 aromatic carbocycles. The van der Waals surface area contributed by atoms with Gasteiger partial charge in [-0.3, -0.25) is 0 Å². The second-order valence-corrected chi connectivity index (χ2v) is 4.17. The average Bonchev–Trinajstić information content (AvgIpc) is 2.20. The highest BCUT2D eigenvalue weighted by molar-refractivity contribution is 5.05. The van der Waals surface area contributed by atoms with Gasteiger partial charge in [-0.1, -0.05) is 11.6 Å². The van der Waals surface area contributed by atoms with Gasteiger partial charge in [0.05, 0.1) is 6.61 Å². The quantitative estimate of drug-likeness (QED) is 0.661. The molecule has 1 N–H and O–H groups in total. The number of allylic oxidation sites excluding steroid dienone is 1. The lowest BCUT2D eigenvalue weighted by atomic mass is 9.97. The van der Waals surface area contributed by atoms with Crippen LogP contribution in [0.3, 0.4) is 0 Å². The molecule has 0 saturated heterocycles. The van der Waals surface area contributed by atoms with Gasteiger partial charge in [0.25, 0.3) is 0 Å². The van der Waals surface area contributed by atoms with Crippen molar-refractivity contribution in [1.82, 2.24) is 5.32 Å². The van der Waals surface area contributed by atoms with Gasteiger partial charge in [-0.2, -0.15) is 0 Å². The summed E-state index contributed by atoms with van der Waals surface area (Å²) in [7, 11) is 1.75. The van der Waals surface area contributed by atoms with Crippen molar-refractivity contribution in [2.75, 3.05) is 20.3 Å². The lowest BCUT2D eigenvalue weighted by Crippen LogP contribution is -2.31. The van der Waals surface area contributed by atoms with E-state index in [1.54, 1.807) is 12.7 Å². The van der Waals surface area contributed by atoms with Crippen molar-refractivity contribution in [2.45, 2.75) is 45.1 Å². The van der Waals surface area contributed by atoms with Crippen molar-refractivity contribution in [1.29, 1.82) is 0 Å². The van der Waals surface area contributed by atoms with Crippen molar-refractivity contribution in [3.63, 3.8) is 0 Å². The maximum Gasteiger partial charge on any atom is 0.0613 e. The molecule has 82 valence electrons. The Balaban J connectivity index is 2.05. The van der Waals surface area contributed by atoms with Gasteiger partial charge < -0.3 is 10.1 Å². The summed E-state index contributed by atoms with van der Waals surface area (Å²) in [5, 5.41) is 3.46. The number of ether oxygens (including phenoxy) is 1. The Morgan fingerprint density at radius 1 is 1.50 bits per heavy atom. The number of hydrogen-bond donors (Lipinski definition) is 1. The molecule has 0 fully saturated rings. The fourth-order valence-electron chi connectivity index (χ4n) is 1.92. The van der Waals surface area contributed by atoms with Crippen LogP contribution in [0.5, 0.6) is 0 Å². The van der Waals surface area contributed by atoms with E-state index in [0.29, 0.717) is 6.04 Å². The van der Waals surface area contributed by atoms with Crippen LogP contribution < -0.4 is 5.32 Å². The molecule has 1 aliphatic carbocycles. The van der Waals surface area contributed by atoms with E-state index in [4.69, 9.17) is 4.74 Å². The lowest BCUT2D eigenvalue weighted by Gasteiger charge is -2.15. The first-order valence-corrected chi connectivity index (χ1v) is 5.73. The molecule has 0 aromatic heterocycles. The molecule has 0 spiro atoms. The minimum Gasteiger partial charge on any atom is -0.383 e. The van der Waals surface area contributed by atoms with Crippen molar-refractivity contribution >= 4 is 0 Å². The number of hydrogen-bond acceptors (Lipinski definition) is 2. The van der Waals surface area contributed by atoms with E-state index in [1.165, 1.54) is 32.1 Å².